The lowest BCUT2D eigenvalue weighted by molar-refractivity contribution is -0.149. The molecule has 1 aromatic rings. The van der Waals surface area contributed by atoms with Gasteiger partial charge in [0.05, 0.1) is 36.6 Å². The largest absolute Gasteiger partial charge is 0.480 e. The number of carbonyl (C=O) groups excluding carboxylic acids is 7. The molecule has 7 amide bonds. The predicted molar refractivity (Wildman–Crippen MR) is 248 cm³/mol. The molecule has 2 aliphatic heterocycles. The van der Waals surface area contributed by atoms with Gasteiger partial charge < -0.3 is 39.9 Å². The zero-order valence-corrected chi connectivity index (χ0v) is 41.3. The van der Waals surface area contributed by atoms with Gasteiger partial charge in [-0.3, -0.25) is 38.5 Å². The van der Waals surface area contributed by atoms with Crippen molar-refractivity contribution in [3.8, 4) is 0 Å². The number of benzene rings is 1. The van der Waals surface area contributed by atoms with E-state index in [2.05, 4.69) is 10.6 Å². The summed E-state index contributed by atoms with van der Waals surface area (Å²) in [6.45, 7) is 13.4. The van der Waals surface area contributed by atoms with Gasteiger partial charge in [-0.2, -0.15) is 0 Å². The first-order valence-electron chi connectivity index (χ1n) is 23.6. The van der Waals surface area contributed by atoms with Gasteiger partial charge in [-0.15, -0.1) is 0 Å². The summed E-state index contributed by atoms with van der Waals surface area (Å²) < 4.78 is 26.3. The van der Waals surface area contributed by atoms with E-state index in [1.807, 2.05) is 41.5 Å². The Bertz CT molecular complexity index is 1910. The minimum atomic E-state index is -1.41. The zero-order chi connectivity index (χ0) is 50.3. The molecule has 3 N–H and O–H groups in total. The second-order valence-electron chi connectivity index (χ2n) is 18.7. The number of unbranched alkanes of at least 4 members (excludes halogenated alkanes) is 2. The average molecular weight is 943 g/mol. The number of nitrogens with one attached hydrogen (secondary N) is 2. The lowest BCUT2D eigenvalue weighted by atomic mass is 9.89. The maximum atomic E-state index is 14.6. The third-order valence-corrected chi connectivity index (χ3v) is 13.4. The van der Waals surface area contributed by atoms with Crippen LogP contribution in [0, 0.1) is 29.5 Å². The van der Waals surface area contributed by atoms with Gasteiger partial charge in [0.2, 0.25) is 29.5 Å². The maximum absolute atomic E-state index is 14.6. The molecule has 0 aliphatic carbocycles. The summed E-state index contributed by atoms with van der Waals surface area (Å²) in [7, 11) is 6.11. The number of carboxylic acids is 1. The second-order valence-corrected chi connectivity index (χ2v) is 18.7. The van der Waals surface area contributed by atoms with Crippen molar-refractivity contribution in [3.63, 3.8) is 0 Å². The number of carbonyl (C=O) groups is 8. The molecule has 374 valence electrons. The van der Waals surface area contributed by atoms with Crippen LogP contribution in [0.3, 0.4) is 0 Å². The minimum absolute atomic E-state index is 0.118. The van der Waals surface area contributed by atoms with Gasteiger partial charge in [-0.1, -0.05) is 79.5 Å². The fraction of sp³-hybridized carbons (Fsp3) is 0.673. The van der Waals surface area contributed by atoms with E-state index in [1.54, 1.807) is 36.9 Å². The maximum Gasteiger partial charge on any atom is 0.326 e. The Morgan fingerprint density at radius 3 is 2.06 bits per heavy atom. The van der Waals surface area contributed by atoms with Gasteiger partial charge in [0.1, 0.15) is 23.9 Å². The highest BCUT2D eigenvalue weighted by Crippen LogP contribution is 2.30. The molecule has 0 radical (unpaired) electrons. The molecule has 1 fully saturated rings. The van der Waals surface area contributed by atoms with Crippen LogP contribution >= 0.6 is 0 Å². The number of nitrogens with zero attached hydrogens (tertiary/aromatic N) is 4. The summed E-state index contributed by atoms with van der Waals surface area (Å²) in [5, 5.41) is 15.4. The van der Waals surface area contributed by atoms with E-state index in [9.17, 15) is 47.9 Å². The topological polar surface area (TPSA) is 212 Å². The van der Waals surface area contributed by atoms with Gasteiger partial charge >= 0.3 is 5.97 Å². The molecule has 2 aliphatic rings. The number of halogens is 1. The third kappa shape index (κ3) is 14.9. The normalized spacial score (nSPS) is 18.6. The summed E-state index contributed by atoms with van der Waals surface area (Å²) in [5.74, 6) is -6.36. The first kappa shape index (κ1) is 56.1. The van der Waals surface area contributed by atoms with Crippen LogP contribution in [0.2, 0.25) is 0 Å². The Balaban J connectivity index is 1.72. The molecular weight excluding hydrogens is 868 g/mol. The quantitative estimate of drug-likeness (QED) is 0.0849. The fourth-order valence-electron chi connectivity index (χ4n) is 9.30. The molecular formula is C49H75FN6O11. The molecule has 17 nitrogen and oxygen atoms in total. The molecule has 1 aromatic carbocycles. The summed E-state index contributed by atoms with van der Waals surface area (Å²) in [6.07, 6.45) is 4.04. The van der Waals surface area contributed by atoms with Crippen molar-refractivity contribution < 1.29 is 57.3 Å². The van der Waals surface area contributed by atoms with Crippen molar-refractivity contribution in [1.82, 2.24) is 30.2 Å². The monoisotopic (exact) mass is 943 g/mol. The lowest BCUT2D eigenvalue weighted by Crippen LogP contribution is -2.60. The fourth-order valence-corrected chi connectivity index (χ4v) is 9.30. The van der Waals surface area contributed by atoms with Crippen LogP contribution in [0.25, 0.3) is 0 Å². The standard InChI is InChI=1S/C49H75FN6O11/c1-12-31(6)44(54(9)48(63)42(29(2)3)52-47(62)43(30(4)5)53(8)38(57)22-14-13-17-25-56-39(58)23-24-40(56)59)37(66-10)28-41(60)55-26-18-21-36(55)45(67-11)32(7)46(61)51-35(49(64)65)27-33-19-15-16-20-34(33)50/h15-16,19-20,23-24,29-32,35-37,42-45H,12-14,17-18,21-22,25-28H2,1-11H3,(H,51,61)(H,52,62)(H,64,65)/t31-,32+,35-,36-,37+,42-,43-,44-,45+/m0/s1. The summed E-state index contributed by atoms with van der Waals surface area (Å²) in [6, 6.07) is 1.32. The Labute approximate surface area is 395 Å². The van der Waals surface area contributed by atoms with E-state index in [4.69, 9.17) is 9.47 Å². The SMILES string of the molecule is CC[C@H](C)[C@@H]([C@@H](CC(=O)N1CCC[C@H]1[C@H](OC)[C@@H](C)C(=O)N[C@@H](Cc1ccccc1F)C(=O)O)OC)N(C)C(=O)[C@@H](NC(=O)[C@H](C(C)C)N(C)C(=O)CCCCCN1C(=O)C=CC1=O)C(C)C. The number of likely N-dealkylation sites (N-methyl/N-ethyl adjacent to an activating group) is 2. The number of likely N-dealkylation sites (tertiary alicyclic amines) is 1. The third-order valence-electron chi connectivity index (χ3n) is 13.4. The van der Waals surface area contributed by atoms with Crippen molar-refractivity contribution in [2.75, 3.05) is 41.4 Å². The number of rotatable bonds is 27. The van der Waals surface area contributed by atoms with E-state index in [1.165, 1.54) is 49.5 Å². The van der Waals surface area contributed by atoms with E-state index >= 15 is 0 Å². The number of hydrogen-bond acceptors (Lipinski definition) is 10. The second kappa shape index (κ2) is 26.3. The number of ether oxygens (including phenoxy) is 2. The molecule has 0 saturated carbocycles. The highest BCUT2D eigenvalue weighted by molar-refractivity contribution is 6.12. The number of imide groups is 1. The Morgan fingerprint density at radius 1 is 0.866 bits per heavy atom. The minimum Gasteiger partial charge on any atom is -0.480 e. The molecule has 18 heteroatoms. The van der Waals surface area contributed by atoms with Crippen LogP contribution in [0.5, 0.6) is 0 Å². The van der Waals surface area contributed by atoms with Crippen LogP contribution in [-0.4, -0.2) is 156 Å². The summed E-state index contributed by atoms with van der Waals surface area (Å²) >= 11 is 0. The van der Waals surface area contributed by atoms with E-state index in [0.717, 1.165) is 4.90 Å². The smallest absolute Gasteiger partial charge is 0.326 e. The van der Waals surface area contributed by atoms with E-state index in [-0.39, 0.29) is 72.8 Å². The molecule has 0 bridgehead atoms. The van der Waals surface area contributed by atoms with Gasteiger partial charge in [0.15, 0.2) is 0 Å². The predicted octanol–water partition coefficient (Wildman–Crippen LogP) is 3.97. The van der Waals surface area contributed by atoms with Crippen LogP contribution in [0.1, 0.15) is 105 Å². The van der Waals surface area contributed by atoms with E-state index < -0.39 is 77.8 Å². The van der Waals surface area contributed by atoms with Crippen LogP contribution in [0.15, 0.2) is 36.4 Å². The molecule has 0 unspecified atom stereocenters. The molecule has 2 heterocycles. The average Bonchev–Trinajstić information content (AvgIpc) is 3.90. The summed E-state index contributed by atoms with van der Waals surface area (Å²) in [5.41, 5.74) is 0.142. The number of aliphatic carboxylic acids is 1. The van der Waals surface area contributed by atoms with Gasteiger partial charge in [-0.05, 0) is 55.1 Å². The Morgan fingerprint density at radius 2 is 1.51 bits per heavy atom. The number of amides is 7. The van der Waals surface area contributed by atoms with Crippen LogP contribution < -0.4 is 10.6 Å². The molecule has 0 spiro atoms. The highest BCUT2D eigenvalue weighted by atomic mass is 19.1. The van der Waals surface area contributed by atoms with E-state index in [0.29, 0.717) is 45.1 Å². The highest BCUT2D eigenvalue weighted by Gasteiger charge is 2.44. The first-order valence-corrected chi connectivity index (χ1v) is 23.6. The van der Waals surface area contributed by atoms with Crippen LogP contribution in [0.4, 0.5) is 4.39 Å². The van der Waals surface area contributed by atoms with Crippen LogP contribution in [-0.2, 0) is 54.3 Å². The number of carboxylic acid groups (broad SMARTS) is 1. The molecule has 9 atom stereocenters. The molecule has 67 heavy (non-hydrogen) atoms. The van der Waals surface area contributed by atoms with Crippen molar-refractivity contribution in [2.24, 2.45) is 23.7 Å². The number of hydrogen-bond donors (Lipinski definition) is 3. The van der Waals surface area contributed by atoms with Crippen molar-refractivity contribution >= 4 is 47.3 Å². The Kier molecular flexibility index (Phi) is 22.1. The van der Waals surface area contributed by atoms with Gasteiger partial charge in [0.25, 0.3) is 11.8 Å². The Hall–Kier alpha value is -5.23. The van der Waals surface area contributed by atoms with Crippen molar-refractivity contribution in [3.05, 3.63) is 47.8 Å². The lowest BCUT2D eigenvalue weighted by Gasteiger charge is -2.41. The van der Waals surface area contributed by atoms with Gasteiger partial charge in [-0.25, -0.2) is 9.18 Å². The van der Waals surface area contributed by atoms with Crippen molar-refractivity contribution in [2.45, 2.75) is 149 Å². The zero-order valence-electron chi connectivity index (χ0n) is 41.3. The molecule has 1 saturated heterocycles. The summed E-state index contributed by atoms with van der Waals surface area (Å²) in [4.78, 5) is 111. The number of methoxy groups -OCH3 is 2. The molecule has 0 aromatic heterocycles. The first-order chi connectivity index (χ1) is 31.6. The molecule has 3 rings (SSSR count). The van der Waals surface area contributed by atoms with Crippen molar-refractivity contribution in [1.29, 1.82) is 0 Å². The van der Waals surface area contributed by atoms with Gasteiger partial charge in [0, 0.05) is 66.4 Å².